The first-order valence-electron chi connectivity index (χ1n) is 9.39. The lowest BCUT2D eigenvalue weighted by molar-refractivity contribution is -0.137. The number of aliphatic hydroxyl groups excluding tert-OH is 1. The van der Waals surface area contributed by atoms with E-state index < -0.39 is 5.97 Å². The van der Waals surface area contributed by atoms with Crippen LogP contribution in [0.2, 0.25) is 0 Å². The lowest BCUT2D eigenvalue weighted by Crippen LogP contribution is -2.49. The molecule has 0 aromatic heterocycles. The lowest BCUT2D eigenvalue weighted by Gasteiger charge is -2.35. The zero-order chi connectivity index (χ0) is 18.9. The van der Waals surface area contributed by atoms with E-state index in [9.17, 15) is 14.7 Å². The smallest absolute Gasteiger partial charge is 0.317 e. The largest absolute Gasteiger partial charge is 0.481 e. The number of hydrogen-bond donors (Lipinski definition) is 3. The van der Waals surface area contributed by atoms with Crippen molar-refractivity contribution in [1.82, 2.24) is 10.2 Å². The van der Waals surface area contributed by atoms with E-state index in [0.29, 0.717) is 18.8 Å². The van der Waals surface area contributed by atoms with Crippen LogP contribution in [0.5, 0.6) is 0 Å². The standard InChI is InChI=1S/C20H30N2O4/c1-22(18-10-7-16(14-23)8-11-18)20(26)21-17(9-12-19(24)25)13-15-5-3-2-4-6-15/h2-6,16-18,23H,7-14H2,1H3,(H,21,26)(H,24,25). The van der Waals surface area contributed by atoms with Gasteiger partial charge in [0.05, 0.1) is 0 Å². The van der Waals surface area contributed by atoms with E-state index in [4.69, 9.17) is 5.11 Å². The summed E-state index contributed by atoms with van der Waals surface area (Å²) in [6.45, 7) is 0.219. The molecule has 0 radical (unpaired) electrons. The molecule has 2 amide bonds. The monoisotopic (exact) mass is 362 g/mol. The third-order valence-electron chi connectivity index (χ3n) is 5.30. The molecule has 6 nitrogen and oxygen atoms in total. The van der Waals surface area contributed by atoms with Crippen molar-refractivity contribution in [2.24, 2.45) is 5.92 Å². The molecule has 6 heteroatoms. The van der Waals surface area contributed by atoms with Gasteiger partial charge in [-0.3, -0.25) is 4.79 Å². The molecule has 0 heterocycles. The third-order valence-corrected chi connectivity index (χ3v) is 5.30. The van der Waals surface area contributed by atoms with E-state index in [1.54, 1.807) is 11.9 Å². The molecule has 0 saturated heterocycles. The van der Waals surface area contributed by atoms with Crippen molar-refractivity contribution in [3.05, 3.63) is 35.9 Å². The fourth-order valence-electron chi connectivity index (χ4n) is 3.58. The fraction of sp³-hybridized carbons (Fsp3) is 0.600. The zero-order valence-electron chi connectivity index (χ0n) is 15.4. The molecule has 1 fully saturated rings. The number of urea groups is 1. The highest BCUT2D eigenvalue weighted by molar-refractivity contribution is 5.74. The molecule has 2 rings (SSSR count). The second-order valence-electron chi connectivity index (χ2n) is 7.24. The van der Waals surface area contributed by atoms with E-state index in [0.717, 1.165) is 31.2 Å². The number of aliphatic carboxylic acids is 1. The lowest BCUT2D eigenvalue weighted by atomic mass is 9.86. The first kappa shape index (κ1) is 20.2. The molecule has 144 valence electrons. The van der Waals surface area contributed by atoms with Gasteiger partial charge in [-0.1, -0.05) is 30.3 Å². The number of nitrogens with zero attached hydrogens (tertiary/aromatic N) is 1. The van der Waals surface area contributed by atoms with Crippen LogP contribution in [0.1, 0.15) is 44.1 Å². The van der Waals surface area contributed by atoms with Crippen molar-refractivity contribution in [2.45, 2.75) is 57.0 Å². The van der Waals surface area contributed by atoms with Crippen LogP contribution in [0, 0.1) is 5.92 Å². The normalized spacial score (nSPS) is 21.0. The minimum atomic E-state index is -0.854. The molecular formula is C20H30N2O4. The van der Waals surface area contributed by atoms with Crippen LogP contribution in [0.3, 0.4) is 0 Å². The summed E-state index contributed by atoms with van der Waals surface area (Å²) >= 11 is 0. The van der Waals surface area contributed by atoms with Crippen LogP contribution in [0.4, 0.5) is 4.79 Å². The van der Waals surface area contributed by atoms with E-state index >= 15 is 0 Å². The summed E-state index contributed by atoms with van der Waals surface area (Å²) in [5, 5.41) is 21.2. The Balaban J connectivity index is 1.92. The number of amides is 2. The molecule has 3 N–H and O–H groups in total. The fourth-order valence-corrected chi connectivity index (χ4v) is 3.58. The second-order valence-corrected chi connectivity index (χ2v) is 7.24. The SMILES string of the molecule is CN(C(=O)NC(CCC(=O)O)Cc1ccccc1)C1CCC(CO)CC1. The number of benzene rings is 1. The summed E-state index contributed by atoms with van der Waals surface area (Å²) in [4.78, 5) is 25.3. The minimum Gasteiger partial charge on any atom is -0.481 e. The molecule has 0 spiro atoms. The van der Waals surface area contributed by atoms with E-state index in [1.165, 1.54) is 0 Å². The van der Waals surface area contributed by atoms with Crippen molar-refractivity contribution < 1.29 is 19.8 Å². The summed E-state index contributed by atoms with van der Waals surface area (Å²) < 4.78 is 0. The van der Waals surface area contributed by atoms with Crippen molar-refractivity contribution in [1.29, 1.82) is 0 Å². The van der Waals surface area contributed by atoms with Gasteiger partial charge in [-0.05, 0) is 50.0 Å². The maximum atomic E-state index is 12.7. The van der Waals surface area contributed by atoms with Gasteiger partial charge >= 0.3 is 12.0 Å². The van der Waals surface area contributed by atoms with Crippen LogP contribution in [-0.4, -0.2) is 52.9 Å². The number of carbonyl (C=O) groups excluding carboxylic acids is 1. The molecular weight excluding hydrogens is 332 g/mol. The Morgan fingerprint density at radius 1 is 1.19 bits per heavy atom. The first-order chi connectivity index (χ1) is 12.5. The van der Waals surface area contributed by atoms with Gasteiger partial charge in [-0.2, -0.15) is 0 Å². The first-order valence-corrected chi connectivity index (χ1v) is 9.39. The van der Waals surface area contributed by atoms with Crippen molar-refractivity contribution >= 4 is 12.0 Å². The molecule has 1 saturated carbocycles. The highest BCUT2D eigenvalue weighted by atomic mass is 16.4. The number of aliphatic hydroxyl groups is 1. The predicted octanol–water partition coefficient (Wildman–Crippen LogP) is 2.66. The Morgan fingerprint density at radius 2 is 1.85 bits per heavy atom. The Hall–Kier alpha value is -2.08. The topological polar surface area (TPSA) is 89.9 Å². The molecule has 1 unspecified atom stereocenters. The Bertz CT molecular complexity index is 570. The maximum Gasteiger partial charge on any atom is 0.317 e. The average Bonchev–Trinajstić information content (AvgIpc) is 2.66. The summed E-state index contributed by atoms with van der Waals surface area (Å²) in [6.07, 6.45) is 4.72. The summed E-state index contributed by atoms with van der Waals surface area (Å²) in [7, 11) is 1.80. The molecule has 0 aliphatic heterocycles. The number of hydrogen-bond acceptors (Lipinski definition) is 3. The van der Waals surface area contributed by atoms with Gasteiger partial charge in [-0.25, -0.2) is 4.79 Å². The van der Waals surface area contributed by atoms with E-state index in [2.05, 4.69) is 5.32 Å². The van der Waals surface area contributed by atoms with Gasteiger partial charge in [0.25, 0.3) is 0 Å². The van der Waals surface area contributed by atoms with Crippen LogP contribution in [-0.2, 0) is 11.2 Å². The summed E-state index contributed by atoms with van der Waals surface area (Å²) in [5.74, 6) is -0.503. The zero-order valence-corrected chi connectivity index (χ0v) is 15.4. The Labute approximate surface area is 155 Å². The molecule has 26 heavy (non-hydrogen) atoms. The predicted molar refractivity (Wildman–Crippen MR) is 99.9 cm³/mol. The van der Waals surface area contributed by atoms with Crippen LogP contribution >= 0.6 is 0 Å². The third kappa shape index (κ3) is 6.33. The number of carboxylic acids is 1. The quantitative estimate of drug-likeness (QED) is 0.663. The van der Waals surface area contributed by atoms with Crippen molar-refractivity contribution in [2.75, 3.05) is 13.7 Å². The Kier molecular flexibility index (Phi) is 7.91. The van der Waals surface area contributed by atoms with Crippen molar-refractivity contribution in [3.63, 3.8) is 0 Å². The second kappa shape index (κ2) is 10.2. The van der Waals surface area contributed by atoms with Gasteiger partial charge in [0.2, 0.25) is 0 Å². The molecule has 1 aromatic carbocycles. The van der Waals surface area contributed by atoms with Crippen LogP contribution in [0.15, 0.2) is 30.3 Å². The summed E-state index contributed by atoms with van der Waals surface area (Å²) in [6, 6.07) is 9.61. The molecule has 1 atom stereocenters. The van der Waals surface area contributed by atoms with E-state index in [-0.39, 0.29) is 31.1 Å². The minimum absolute atomic E-state index is 0.0309. The molecule has 1 aliphatic rings. The van der Waals surface area contributed by atoms with Gasteiger partial charge < -0.3 is 20.4 Å². The van der Waals surface area contributed by atoms with Crippen molar-refractivity contribution in [3.8, 4) is 0 Å². The highest BCUT2D eigenvalue weighted by Gasteiger charge is 2.27. The van der Waals surface area contributed by atoms with Crippen LogP contribution in [0.25, 0.3) is 0 Å². The number of nitrogens with one attached hydrogen (secondary N) is 1. The number of carbonyl (C=O) groups is 2. The Morgan fingerprint density at radius 3 is 2.42 bits per heavy atom. The average molecular weight is 362 g/mol. The van der Waals surface area contributed by atoms with Gasteiger partial charge in [0.1, 0.15) is 0 Å². The van der Waals surface area contributed by atoms with Gasteiger partial charge in [-0.15, -0.1) is 0 Å². The van der Waals surface area contributed by atoms with Gasteiger partial charge in [0.15, 0.2) is 0 Å². The van der Waals surface area contributed by atoms with Crippen LogP contribution < -0.4 is 5.32 Å². The molecule has 0 bridgehead atoms. The highest BCUT2D eigenvalue weighted by Crippen LogP contribution is 2.26. The number of carboxylic acid groups (broad SMARTS) is 1. The molecule has 1 aromatic rings. The summed E-state index contributed by atoms with van der Waals surface area (Å²) in [5.41, 5.74) is 1.08. The van der Waals surface area contributed by atoms with E-state index in [1.807, 2.05) is 30.3 Å². The number of rotatable bonds is 8. The maximum absolute atomic E-state index is 12.7. The molecule has 1 aliphatic carbocycles. The van der Waals surface area contributed by atoms with Gasteiger partial charge in [0, 0.05) is 32.2 Å².